The van der Waals surface area contributed by atoms with Crippen molar-refractivity contribution in [1.82, 2.24) is 15.2 Å². The summed E-state index contributed by atoms with van der Waals surface area (Å²) in [6.45, 7) is 0. The summed E-state index contributed by atoms with van der Waals surface area (Å²) in [4.78, 5) is 19.3. The predicted molar refractivity (Wildman–Crippen MR) is 97.2 cm³/mol. The fraction of sp³-hybridized carbons (Fsp3) is 0.200. The molecule has 1 saturated carbocycles. The molecule has 0 bridgehead atoms. The Kier molecular flexibility index (Phi) is 3.13. The zero-order valence-electron chi connectivity index (χ0n) is 13.6. The van der Waals surface area contributed by atoms with Gasteiger partial charge in [0.2, 0.25) is 0 Å². The van der Waals surface area contributed by atoms with Gasteiger partial charge in [0.1, 0.15) is 11.9 Å². The quantitative estimate of drug-likeness (QED) is 0.908. The van der Waals surface area contributed by atoms with Crippen molar-refractivity contribution in [2.45, 2.75) is 19.0 Å². The van der Waals surface area contributed by atoms with E-state index in [4.69, 9.17) is 0 Å². The molecule has 1 atom stereocenters. The Bertz CT molecular complexity index is 950. The second-order valence-electron chi connectivity index (χ2n) is 6.65. The number of hydrogen-bond donors (Lipinski definition) is 2. The lowest BCUT2D eigenvalue weighted by Crippen LogP contribution is -2.37. The number of carbonyl (C=O) groups is 1. The van der Waals surface area contributed by atoms with Crippen LogP contribution in [0.3, 0.4) is 0 Å². The Hall–Kier alpha value is -3.08. The van der Waals surface area contributed by atoms with E-state index < -0.39 is 0 Å². The van der Waals surface area contributed by atoms with Gasteiger partial charge in [0, 0.05) is 35.1 Å². The van der Waals surface area contributed by atoms with Crippen molar-refractivity contribution in [3.05, 3.63) is 72.5 Å². The molecule has 1 aromatic carbocycles. The van der Waals surface area contributed by atoms with Gasteiger partial charge < -0.3 is 15.5 Å². The number of pyridine rings is 1. The normalized spacial score (nSPS) is 21.4. The van der Waals surface area contributed by atoms with Gasteiger partial charge in [0.25, 0.3) is 5.91 Å². The molecule has 1 amide bonds. The predicted octanol–water partition coefficient (Wildman–Crippen LogP) is 3.11. The van der Waals surface area contributed by atoms with Crippen LogP contribution in [0.5, 0.6) is 0 Å². The van der Waals surface area contributed by atoms with Crippen molar-refractivity contribution in [3.63, 3.8) is 0 Å². The zero-order valence-corrected chi connectivity index (χ0v) is 13.6. The van der Waals surface area contributed by atoms with Gasteiger partial charge in [-0.1, -0.05) is 18.2 Å². The van der Waals surface area contributed by atoms with Gasteiger partial charge >= 0.3 is 0 Å². The van der Waals surface area contributed by atoms with Gasteiger partial charge in [-0.15, -0.1) is 0 Å². The van der Waals surface area contributed by atoms with Crippen molar-refractivity contribution in [3.8, 4) is 0 Å². The Morgan fingerprint density at radius 3 is 3.04 bits per heavy atom. The molecule has 5 heteroatoms. The molecule has 2 aromatic rings. The number of nitrogens with zero attached hydrogens (tertiary/aromatic N) is 2. The van der Waals surface area contributed by atoms with Gasteiger partial charge in [0.05, 0.1) is 5.70 Å². The maximum atomic E-state index is 13.0. The third kappa shape index (κ3) is 2.39. The zero-order chi connectivity index (χ0) is 16.8. The molecule has 1 fully saturated rings. The second-order valence-corrected chi connectivity index (χ2v) is 6.65. The molecule has 25 heavy (non-hydrogen) atoms. The van der Waals surface area contributed by atoms with Gasteiger partial charge in [-0.25, -0.2) is 0 Å². The van der Waals surface area contributed by atoms with Crippen molar-refractivity contribution in [2.75, 3.05) is 5.32 Å². The molecule has 0 saturated heterocycles. The first kappa shape index (κ1) is 14.3. The maximum Gasteiger partial charge on any atom is 0.273 e. The van der Waals surface area contributed by atoms with Crippen LogP contribution in [-0.4, -0.2) is 22.0 Å². The molecular formula is C20H18N4O. The van der Waals surface area contributed by atoms with E-state index in [0.29, 0.717) is 11.6 Å². The van der Waals surface area contributed by atoms with Crippen LogP contribution in [0.2, 0.25) is 0 Å². The lowest BCUT2D eigenvalue weighted by molar-refractivity contribution is -0.113. The Balaban J connectivity index is 1.47. The minimum absolute atomic E-state index is 0.104. The van der Waals surface area contributed by atoms with Crippen LogP contribution < -0.4 is 10.6 Å². The highest BCUT2D eigenvalue weighted by Crippen LogP contribution is 2.40. The monoisotopic (exact) mass is 330 g/mol. The van der Waals surface area contributed by atoms with Crippen LogP contribution in [0.15, 0.2) is 72.5 Å². The van der Waals surface area contributed by atoms with Crippen molar-refractivity contribution >= 4 is 22.4 Å². The van der Waals surface area contributed by atoms with E-state index in [1.54, 1.807) is 12.4 Å². The van der Waals surface area contributed by atoms with E-state index in [1.807, 2.05) is 42.5 Å². The lowest BCUT2D eigenvalue weighted by Gasteiger charge is -2.25. The first-order chi connectivity index (χ1) is 12.3. The molecule has 3 aliphatic rings. The summed E-state index contributed by atoms with van der Waals surface area (Å²) in [7, 11) is 0. The average Bonchev–Trinajstić information content (AvgIpc) is 3.42. The molecule has 2 aliphatic heterocycles. The number of benzene rings is 1. The van der Waals surface area contributed by atoms with Crippen molar-refractivity contribution in [2.24, 2.45) is 5.92 Å². The largest absolute Gasteiger partial charge is 0.358 e. The molecule has 1 aliphatic carbocycles. The van der Waals surface area contributed by atoms with Crippen LogP contribution in [0, 0.1) is 5.92 Å². The van der Waals surface area contributed by atoms with E-state index >= 15 is 0 Å². The summed E-state index contributed by atoms with van der Waals surface area (Å²) in [6.07, 6.45) is 14.2. The molecule has 0 spiro atoms. The maximum absolute atomic E-state index is 13.0. The molecule has 5 rings (SSSR count). The van der Waals surface area contributed by atoms with Gasteiger partial charge in [0.15, 0.2) is 0 Å². The summed E-state index contributed by atoms with van der Waals surface area (Å²) in [5.41, 5.74) is 2.39. The fourth-order valence-electron chi connectivity index (χ4n) is 3.56. The van der Waals surface area contributed by atoms with E-state index in [2.05, 4.69) is 26.7 Å². The highest BCUT2D eigenvalue weighted by Gasteiger charge is 2.42. The number of rotatable bonds is 3. The van der Waals surface area contributed by atoms with E-state index in [-0.39, 0.29) is 12.1 Å². The first-order valence-electron chi connectivity index (χ1n) is 8.59. The minimum atomic E-state index is -0.104. The summed E-state index contributed by atoms with van der Waals surface area (Å²) in [5, 5.41) is 8.51. The summed E-state index contributed by atoms with van der Waals surface area (Å²) in [6, 6.07) is 7.77. The topological polar surface area (TPSA) is 57.3 Å². The summed E-state index contributed by atoms with van der Waals surface area (Å²) < 4.78 is 0. The van der Waals surface area contributed by atoms with Gasteiger partial charge in [-0.3, -0.25) is 9.78 Å². The first-order valence-corrected chi connectivity index (χ1v) is 8.59. The molecule has 2 N–H and O–H groups in total. The number of anilines is 1. The molecule has 3 heterocycles. The van der Waals surface area contributed by atoms with Crippen LogP contribution in [0.25, 0.3) is 10.8 Å². The molecule has 124 valence electrons. The molecule has 5 nitrogen and oxygen atoms in total. The third-order valence-electron chi connectivity index (χ3n) is 4.96. The minimum Gasteiger partial charge on any atom is -0.358 e. The van der Waals surface area contributed by atoms with Crippen LogP contribution in [0.1, 0.15) is 12.8 Å². The number of hydrogen-bond acceptors (Lipinski definition) is 4. The summed E-state index contributed by atoms with van der Waals surface area (Å²) >= 11 is 0. The number of nitrogens with one attached hydrogen (secondary N) is 2. The smallest absolute Gasteiger partial charge is 0.273 e. The van der Waals surface area contributed by atoms with Crippen molar-refractivity contribution in [1.29, 1.82) is 0 Å². The molecular weight excluding hydrogens is 312 g/mol. The second kappa shape index (κ2) is 5.48. The van der Waals surface area contributed by atoms with Crippen LogP contribution in [0.4, 0.5) is 5.69 Å². The lowest BCUT2D eigenvalue weighted by atomic mass is 10.1. The summed E-state index contributed by atoms with van der Waals surface area (Å²) in [5.74, 6) is 0.507. The number of carbonyl (C=O) groups excluding carboxylic acids is 1. The molecule has 1 aromatic heterocycles. The highest BCUT2D eigenvalue weighted by molar-refractivity contribution is 6.09. The fourth-order valence-corrected chi connectivity index (χ4v) is 3.56. The SMILES string of the molecule is O=C(Nc1cccc2cnccc12)C1=C2C=CC=CN2C(C2CC2)N1. The van der Waals surface area contributed by atoms with Gasteiger partial charge in [-0.2, -0.15) is 0 Å². The molecule has 0 radical (unpaired) electrons. The van der Waals surface area contributed by atoms with E-state index in [0.717, 1.165) is 22.2 Å². The average molecular weight is 330 g/mol. The number of amides is 1. The van der Waals surface area contributed by atoms with Crippen LogP contribution in [-0.2, 0) is 4.79 Å². The van der Waals surface area contributed by atoms with E-state index in [9.17, 15) is 4.79 Å². The third-order valence-corrected chi connectivity index (χ3v) is 4.96. The highest BCUT2D eigenvalue weighted by atomic mass is 16.2. The Morgan fingerprint density at radius 2 is 2.16 bits per heavy atom. The standard InChI is InChI=1S/C20H18N4O/c25-20(22-16-5-3-4-14-12-21-10-9-15(14)16)18-17-6-1-2-11-24(17)19(23-18)13-7-8-13/h1-6,9-13,19,23H,7-8H2,(H,22,25). The van der Waals surface area contributed by atoms with Crippen LogP contribution >= 0.6 is 0 Å². The van der Waals surface area contributed by atoms with Gasteiger partial charge in [-0.05, 0) is 43.0 Å². The Labute approximate surface area is 145 Å². The molecule has 1 unspecified atom stereocenters. The number of fused-ring (bicyclic) bond motifs is 2. The van der Waals surface area contributed by atoms with Crippen molar-refractivity contribution < 1.29 is 4.79 Å². The Morgan fingerprint density at radius 1 is 1.24 bits per heavy atom. The number of aromatic nitrogens is 1. The number of allylic oxidation sites excluding steroid dienone is 3. The van der Waals surface area contributed by atoms with E-state index in [1.165, 1.54) is 12.8 Å².